The van der Waals surface area contributed by atoms with Crippen LogP contribution in [0.2, 0.25) is 0 Å². The molecule has 1 saturated heterocycles. The highest BCUT2D eigenvalue weighted by molar-refractivity contribution is 5.09. The summed E-state index contributed by atoms with van der Waals surface area (Å²) >= 11 is 0. The molecule has 1 aromatic heterocycles. The van der Waals surface area contributed by atoms with Gasteiger partial charge in [0.15, 0.2) is 0 Å². The molecule has 1 unspecified atom stereocenters. The number of hydrogen-bond acceptors (Lipinski definition) is 3. The topological polar surface area (TPSA) is 37.0 Å². The zero-order valence-corrected chi connectivity index (χ0v) is 10.9. The van der Waals surface area contributed by atoms with Crippen molar-refractivity contribution in [1.29, 1.82) is 0 Å². The van der Waals surface area contributed by atoms with Crippen molar-refractivity contribution in [2.45, 2.75) is 44.7 Å². The molecule has 0 bridgehead atoms. The second-order valence-electron chi connectivity index (χ2n) is 5.56. The summed E-state index contributed by atoms with van der Waals surface area (Å²) in [5.41, 5.74) is 1.65. The highest BCUT2D eigenvalue weighted by atomic mass is 15.0. The molecule has 0 amide bonds. The molecule has 0 aromatic carbocycles. The van der Waals surface area contributed by atoms with E-state index in [1.165, 1.54) is 18.4 Å². The van der Waals surface area contributed by atoms with Crippen LogP contribution in [0.25, 0.3) is 0 Å². The van der Waals surface area contributed by atoms with Gasteiger partial charge in [0.05, 0.1) is 0 Å². The Morgan fingerprint density at radius 2 is 2.18 bits per heavy atom. The van der Waals surface area contributed by atoms with Gasteiger partial charge in [-0.25, -0.2) is 0 Å². The largest absolute Gasteiger partial charge is 0.314 e. The van der Waals surface area contributed by atoms with Crippen molar-refractivity contribution >= 4 is 0 Å². The molecule has 0 saturated carbocycles. The molecule has 1 aliphatic heterocycles. The van der Waals surface area contributed by atoms with Crippen LogP contribution in [0.5, 0.6) is 0 Å². The molecular weight excluding hydrogens is 210 g/mol. The summed E-state index contributed by atoms with van der Waals surface area (Å²) in [6.45, 7) is 6.75. The van der Waals surface area contributed by atoms with Gasteiger partial charge in [0, 0.05) is 24.0 Å². The van der Waals surface area contributed by atoms with E-state index in [-0.39, 0.29) is 5.54 Å². The molecule has 1 atom stereocenters. The van der Waals surface area contributed by atoms with Crippen LogP contribution in [0.4, 0.5) is 0 Å². The first-order valence-corrected chi connectivity index (χ1v) is 6.53. The zero-order chi connectivity index (χ0) is 12.1. The van der Waals surface area contributed by atoms with E-state index in [0.29, 0.717) is 6.04 Å². The average Bonchev–Trinajstić information content (AvgIpc) is 2.29. The fourth-order valence-electron chi connectivity index (χ4n) is 2.52. The van der Waals surface area contributed by atoms with Crippen molar-refractivity contribution in [3.63, 3.8) is 0 Å². The molecule has 94 valence electrons. The number of hydrogen-bond donors (Lipinski definition) is 2. The van der Waals surface area contributed by atoms with E-state index in [0.717, 1.165) is 19.5 Å². The number of nitrogens with one attached hydrogen (secondary N) is 2. The minimum Gasteiger partial charge on any atom is -0.314 e. The Morgan fingerprint density at radius 3 is 2.88 bits per heavy atom. The number of rotatable bonds is 4. The van der Waals surface area contributed by atoms with Gasteiger partial charge < -0.3 is 10.6 Å². The van der Waals surface area contributed by atoms with Gasteiger partial charge in [0.1, 0.15) is 0 Å². The predicted molar refractivity (Wildman–Crippen MR) is 71.0 cm³/mol. The first-order chi connectivity index (χ1) is 8.16. The van der Waals surface area contributed by atoms with Crippen LogP contribution < -0.4 is 10.6 Å². The summed E-state index contributed by atoms with van der Waals surface area (Å²) in [6.07, 6.45) is 7.27. The minimum absolute atomic E-state index is 0.284. The van der Waals surface area contributed by atoms with Crippen LogP contribution in [-0.4, -0.2) is 29.7 Å². The van der Waals surface area contributed by atoms with Crippen LogP contribution >= 0.6 is 0 Å². The molecule has 2 N–H and O–H groups in total. The van der Waals surface area contributed by atoms with Crippen LogP contribution in [0.1, 0.15) is 32.3 Å². The van der Waals surface area contributed by atoms with Crippen molar-refractivity contribution in [2.24, 2.45) is 0 Å². The summed E-state index contributed by atoms with van der Waals surface area (Å²) in [5.74, 6) is 0. The molecule has 1 aliphatic rings. The fourth-order valence-corrected chi connectivity index (χ4v) is 2.52. The fraction of sp³-hybridized carbons (Fsp3) is 0.643. The first-order valence-electron chi connectivity index (χ1n) is 6.53. The Balaban J connectivity index is 1.72. The summed E-state index contributed by atoms with van der Waals surface area (Å²) < 4.78 is 0. The van der Waals surface area contributed by atoms with Gasteiger partial charge in [0.2, 0.25) is 0 Å². The Bertz CT molecular complexity index is 335. The van der Waals surface area contributed by atoms with Crippen LogP contribution in [0.15, 0.2) is 24.5 Å². The normalized spacial score (nSPS) is 23.5. The molecule has 0 radical (unpaired) electrons. The third-order valence-electron chi connectivity index (χ3n) is 3.45. The van der Waals surface area contributed by atoms with Gasteiger partial charge >= 0.3 is 0 Å². The summed E-state index contributed by atoms with van der Waals surface area (Å²) in [5, 5.41) is 7.21. The van der Waals surface area contributed by atoms with Gasteiger partial charge in [-0.05, 0) is 63.9 Å². The minimum atomic E-state index is 0.284. The van der Waals surface area contributed by atoms with E-state index in [1.54, 1.807) is 0 Å². The SMILES string of the molecule is CC1(C)CC(NCCc2ccncc2)CCN1. The smallest absolute Gasteiger partial charge is 0.0270 e. The van der Waals surface area contributed by atoms with Crippen LogP contribution in [-0.2, 0) is 6.42 Å². The summed E-state index contributed by atoms with van der Waals surface area (Å²) in [7, 11) is 0. The lowest BCUT2D eigenvalue weighted by molar-refractivity contribution is 0.249. The standard InChI is InChI=1S/C14H23N3/c1-14(2)11-13(6-10-17-14)16-9-5-12-3-7-15-8-4-12/h3-4,7-8,13,16-17H,5-6,9-11H2,1-2H3. The van der Waals surface area contributed by atoms with Crippen molar-refractivity contribution in [1.82, 2.24) is 15.6 Å². The van der Waals surface area contributed by atoms with Gasteiger partial charge in [-0.3, -0.25) is 4.98 Å². The Labute approximate surface area is 104 Å². The number of nitrogens with zero attached hydrogens (tertiary/aromatic N) is 1. The van der Waals surface area contributed by atoms with E-state index in [1.807, 2.05) is 12.4 Å². The molecule has 2 rings (SSSR count). The van der Waals surface area contributed by atoms with Gasteiger partial charge in [0.25, 0.3) is 0 Å². The van der Waals surface area contributed by atoms with Crippen molar-refractivity contribution in [3.05, 3.63) is 30.1 Å². The van der Waals surface area contributed by atoms with E-state index >= 15 is 0 Å². The molecule has 17 heavy (non-hydrogen) atoms. The molecule has 1 fully saturated rings. The Morgan fingerprint density at radius 1 is 1.41 bits per heavy atom. The van der Waals surface area contributed by atoms with Crippen LogP contribution in [0, 0.1) is 0 Å². The van der Waals surface area contributed by atoms with Gasteiger partial charge in [-0.1, -0.05) is 0 Å². The van der Waals surface area contributed by atoms with Crippen molar-refractivity contribution in [2.75, 3.05) is 13.1 Å². The maximum atomic E-state index is 4.03. The van der Waals surface area contributed by atoms with Crippen molar-refractivity contribution in [3.8, 4) is 0 Å². The predicted octanol–water partition coefficient (Wildman–Crippen LogP) is 1.74. The highest BCUT2D eigenvalue weighted by Crippen LogP contribution is 2.18. The van der Waals surface area contributed by atoms with E-state index < -0.39 is 0 Å². The quantitative estimate of drug-likeness (QED) is 0.832. The lowest BCUT2D eigenvalue weighted by Crippen LogP contribution is -2.52. The monoisotopic (exact) mass is 233 g/mol. The number of pyridine rings is 1. The highest BCUT2D eigenvalue weighted by Gasteiger charge is 2.26. The Kier molecular flexibility index (Phi) is 4.13. The molecular formula is C14H23N3. The third kappa shape index (κ3) is 4.10. The molecule has 0 aliphatic carbocycles. The maximum absolute atomic E-state index is 4.03. The second kappa shape index (κ2) is 5.61. The lowest BCUT2D eigenvalue weighted by atomic mass is 9.89. The third-order valence-corrected chi connectivity index (χ3v) is 3.45. The van der Waals surface area contributed by atoms with Gasteiger partial charge in [-0.2, -0.15) is 0 Å². The van der Waals surface area contributed by atoms with Crippen molar-refractivity contribution < 1.29 is 0 Å². The maximum Gasteiger partial charge on any atom is 0.0270 e. The lowest BCUT2D eigenvalue weighted by Gasteiger charge is -2.37. The average molecular weight is 233 g/mol. The molecule has 1 aromatic rings. The van der Waals surface area contributed by atoms with Gasteiger partial charge in [-0.15, -0.1) is 0 Å². The molecule has 3 nitrogen and oxygen atoms in total. The second-order valence-corrected chi connectivity index (χ2v) is 5.56. The Hall–Kier alpha value is -0.930. The van der Waals surface area contributed by atoms with Crippen LogP contribution in [0.3, 0.4) is 0 Å². The summed E-state index contributed by atoms with van der Waals surface area (Å²) in [4.78, 5) is 4.03. The first kappa shape index (κ1) is 12.5. The summed E-state index contributed by atoms with van der Waals surface area (Å²) in [6, 6.07) is 4.84. The molecule has 0 spiro atoms. The van der Waals surface area contributed by atoms with E-state index in [9.17, 15) is 0 Å². The number of aromatic nitrogens is 1. The van der Waals surface area contributed by atoms with E-state index in [4.69, 9.17) is 0 Å². The molecule has 2 heterocycles. The zero-order valence-electron chi connectivity index (χ0n) is 10.9. The number of piperidine rings is 1. The van der Waals surface area contributed by atoms with E-state index in [2.05, 4.69) is 41.6 Å². The molecule has 3 heteroatoms.